The summed E-state index contributed by atoms with van der Waals surface area (Å²) < 4.78 is 13.5. The molecule has 0 spiro atoms. The molecule has 20 heavy (non-hydrogen) atoms. The fourth-order valence-electron chi connectivity index (χ4n) is 1.56. The number of hydrogen-bond acceptors (Lipinski definition) is 5. The minimum absolute atomic E-state index is 0.0481. The van der Waals surface area contributed by atoms with Crippen LogP contribution in [0, 0.1) is 17.1 Å². The van der Waals surface area contributed by atoms with Crippen molar-refractivity contribution in [2.24, 2.45) is 0 Å². The molecule has 0 atom stereocenters. The molecule has 4 N–H and O–H groups in total. The van der Waals surface area contributed by atoms with E-state index in [-0.39, 0.29) is 28.5 Å². The lowest BCUT2D eigenvalue weighted by Gasteiger charge is -2.10. The lowest BCUT2D eigenvalue weighted by Crippen LogP contribution is -2.06. The number of nitrogens with two attached hydrogens (primary N) is 1. The maximum absolute atomic E-state index is 13.5. The number of carbonyl (C=O) groups is 1. The van der Waals surface area contributed by atoms with Crippen LogP contribution in [0.2, 0.25) is 0 Å². The second kappa shape index (κ2) is 5.24. The monoisotopic (exact) mass is 272 g/mol. The molecular weight excluding hydrogens is 263 g/mol. The average molecular weight is 272 g/mol. The van der Waals surface area contributed by atoms with Gasteiger partial charge in [-0.3, -0.25) is 0 Å². The Labute approximate surface area is 113 Å². The molecule has 0 unspecified atom stereocenters. The molecule has 0 aliphatic rings. The molecule has 0 saturated heterocycles. The van der Waals surface area contributed by atoms with Crippen LogP contribution in [-0.4, -0.2) is 16.1 Å². The Morgan fingerprint density at radius 3 is 2.80 bits per heavy atom. The predicted molar refractivity (Wildman–Crippen MR) is 70.0 cm³/mol. The SMILES string of the molecule is N#Cc1c(F)cccc1Nc1nc(C(=O)O)ccc1N. The molecule has 2 aromatic rings. The molecular formula is C13H9FN4O2. The van der Waals surface area contributed by atoms with Gasteiger partial charge in [0.05, 0.1) is 11.4 Å². The minimum atomic E-state index is -1.22. The highest BCUT2D eigenvalue weighted by Crippen LogP contribution is 2.25. The van der Waals surface area contributed by atoms with Gasteiger partial charge in [-0.15, -0.1) is 0 Å². The predicted octanol–water partition coefficient (Wildman–Crippen LogP) is 2.12. The van der Waals surface area contributed by atoms with E-state index < -0.39 is 11.8 Å². The Morgan fingerprint density at radius 2 is 2.15 bits per heavy atom. The molecule has 1 aromatic carbocycles. The number of hydrogen-bond donors (Lipinski definition) is 3. The number of anilines is 3. The number of halogens is 1. The number of carboxylic acid groups (broad SMARTS) is 1. The van der Waals surface area contributed by atoms with E-state index in [1.165, 1.54) is 24.3 Å². The second-order valence-electron chi connectivity index (χ2n) is 3.84. The van der Waals surface area contributed by atoms with Gasteiger partial charge in [0.1, 0.15) is 17.4 Å². The van der Waals surface area contributed by atoms with E-state index in [9.17, 15) is 9.18 Å². The first kappa shape index (κ1) is 13.3. The molecule has 1 heterocycles. The summed E-state index contributed by atoms with van der Waals surface area (Å²) in [5.41, 5.74) is 5.61. The summed E-state index contributed by atoms with van der Waals surface area (Å²) >= 11 is 0. The standard InChI is InChI=1S/C13H9FN4O2/c14-8-2-1-3-10(7(8)6-15)17-12-9(16)4-5-11(18-12)13(19)20/h1-5H,16H2,(H,17,18)(H,19,20). The fraction of sp³-hybridized carbons (Fsp3) is 0. The van der Waals surface area contributed by atoms with Crippen molar-refractivity contribution in [1.82, 2.24) is 4.98 Å². The summed E-state index contributed by atoms with van der Waals surface area (Å²) in [4.78, 5) is 14.7. The Bertz CT molecular complexity index is 725. The molecule has 6 nitrogen and oxygen atoms in total. The van der Waals surface area contributed by atoms with Gasteiger partial charge in [-0.05, 0) is 24.3 Å². The van der Waals surface area contributed by atoms with E-state index >= 15 is 0 Å². The van der Waals surface area contributed by atoms with Gasteiger partial charge in [-0.1, -0.05) is 6.07 Å². The van der Waals surface area contributed by atoms with Crippen LogP contribution in [0.15, 0.2) is 30.3 Å². The van der Waals surface area contributed by atoms with Gasteiger partial charge in [-0.25, -0.2) is 14.2 Å². The first-order valence-electron chi connectivity index (χ1n) is 5.48. The minimum Gasteiger partial charge on any atom is -0.477 e. The van der Waals surface area contributed by atoms with Gasteiger partial charge < -0.3 is 16.2 Å². The van der Waals surface area contributed by atoms with Crippen molar-refractivity contribution >= 4 is 23.2 Å². The first-order chi connectivity index (χ1) is 9.52. The highest BCUT2D eigenvalue weighted by atomic mass is 19.1. The van der Waals surface area contributed by atoms with E-state index in [1.807, 2.05) is 0 Å². The van der Waals surface area contributed by atoms with Gasteiger partial charge in [0.25, 0.3) is 0 Å². The van der Waals surface area contributed by atoms with Crippen LogP contribution < -0.4 is 11.1 Å². The average Bonchev–Trinajstić information content (AvgIpc) is 2.41. The smallest absolute Gasteiger partial charge is 0.354 e. The Morgan fingerprint density at radius 1 is 1.40 bits per heavy atom. The maximum atomic E-state index is 13.5. The van der Waals surface area contributed by atoms with E-state index in [0.717, 1.165) is 6.07 Å². The summed E-state index contributed by atoms with van der Waals surface area (Å²) in [6.45, 7) is 0. The Balaban J connectivity index is 2.45. The fourth-order valence-corrected chi connectivity index (χ4v) is 1.56. The highest BCUT2D eigenvalue weighted by Gasteiger charge is 2.12. The van der Waals surface area contributed by atoms with Crippen molar-refractivity contribution in [3.05, 3.63) is 47.4 Å². The molecule has 0 aliphatic carbocycles. The normalized spacial score (nSPS) is 9.80. The van der Waals surface area contributed by atoms with Crippen LogP contribution in [0.5, 0.6) is 0 Å². The van der Waals surface area contributed by atoms with Gasteiger partial charge in [0.15, 0.2) is 11.5 Å². The number of nitrogen functional groups attached to an aromatic ring is 1. The van der Waals surface area contributed by atoms with E-state index in [1.54, 1.807) is 6.07 Å². The molecule has 0 saturated carbocycles. The molecule has 7 heteroatoms. The van der Waals surface area contributed by atoms with Crippen LogP contribution in [0.25, 0.3) is 0 Å². The summed E-state index contributed by atoms with van der Waals surface area (Å²) in [7, 11) is 0. The topological polar surface area (TPSA) is 112 Å². The molecule has 0 aliphatic heterocycles. The summed E-state index contributed by atoms with van der Waals surface area (Å²) in [6, 6.07) is 8.36. The van der Waals surface area contributed by atoms with Crippen LogP contribution in [0.4, 0.5) is 21.6 Å². The van der Waals surface area contributed by atoms with E-state index in [0.29, 0.717) is 0 Å². The molecule has 0 radical (unpaired) electrons. The molecule has 0 fully saturated rings. The number of aromatic carboxylic acids is 1. The molecule has 0 amide bonds. The summed E-state index contributed by atoms with van der Waals surface area (Å²) in [5.74, 6) is -1.86. The molecule has 100 valence electrons. The third kappa shape index (κ3) is 2.49. The number of carboxylic acids is 1. The zero-order valence-corrected chi connectivity index (χ0v) is 10.1. The number of nitrogens with zero attached hydrogens (tertiary/aromatic N) is 2. The van der Waals surface area contributed by atoms with Crippen molar-refractivity contribution < 1.29 is 14.3 Å². The molecule has 0 bridgehead atoms. The van der Waals surface area contributed by atoms with Crippen molar-refractivity contribution in [2.45, 2.75) is 0 Å². The number of rotatable bonds is 3. The maximum Gasteiger partial charge on any atom is 0.354 e. The van der Waals surface area contributed by atoms with Gasteiger partial charge in [-0.2, -0.15) is 5.26 Å². The number of pyridine rings is 1. The Hall–Kier alpha value is -3.14. The van der Waals surface area contributed by atoms with Crippen molar-refractivity contribution in [1.29, 1.82) is 5.26 Å². The first-order valence-corrected chi connectivity index (χ1v) is 5.48. The molecule has 1 aromatic heterocycles. The van der Waals surface area contributed by atoms with Gasteiger partial charge in [0, 0.05) is 0 Å². The van der Waals surface area contributed by atoms with E-state index in [2.05, 4.69) is 10.3 Å². The van der Waals surface area contributed by atoms with Gasteiger partial charge in [0.2, 0.25) is 0 Å². The van der Waals surface area contributed by atoms with Crippen molar-refractivity contribution in [3.8, 4) is 6.07 Å². The zero-order chi connectivity index (χ0) is 14.7. The highest BCUT2D eigenvalue weighted by molar-refractivity contribution is 5.87. The van der Waals surface area contributed by atoms with Crippen LogP contribution >= 0.6 is 0 Å². The quantitative estimate of drug-likeness (QED) is 0.788. The van der Waals surface area contributed by atoms with Crippen LogP contribution in [0.1, 0.15) is 16.1 Å². The lowest BCUT2D eigenvalue weighted by atomic mass is 10.2. The van der Waals surface area contributed by atoms with Crippen molar-refractivity contribution in [2.75, 3.05) is 11.1 Å². The van der Waals surface area contributed by atoms with Crippen LogP contribution in [0.3, 0.4) is 0 Å². The zero-order valence-electron chi connectivity index (χ0n) is 10.1. The molecule has 2 rings (SSSR count). The summed E-state index contributed by atoms with van der Waals surface area (Å²) in [5, 5.41) is 20.4. The van der Waals surface area contributed by atoms with Crippen molar-refractivity contribution in [3.63, 3.8) is 0 Å². The van der Waals surface area contributed by atoms with Crippen LogP contribution in [-0.2, 0) is 0 Å². The number of nitriles is 1. The number of aromatic nitrogens is 1. The Kier molecular flexibility index (Phi) is 3.48. The number of nitrogens with one attached hydrogen (secondary N) is 1. The van der Waals surface area contributed by atoms with Gasteiger partial charge >= 0.3 is 5.97 Å². The lowest BCUT2D eigenvalue weighted by molar-refractivity contribution is 0.0690. The summed E-state index contributed by atoms with van der Waals surface area (Å²) in [6.07, 6.45) is 0. The third-order valence-electron chi connectivity index (χ3n) is 2.52. The van der Waals surface area contributed by atoms with E-state index in [4.69, 9.17) is 16.1 Å². The number of benzene rings is 1. The third-order valence-corrected chi connectivity index (χ3v) is 2.52. The second-order valence-corrected chi connectivity index (χ2v) is 3.84. The largest absolute Gasteiger partial charge is 0.477 e.